The number of aromatic nitrogens is 3. The van der Waals surface area contributed by atoms with Gasteiger partial charge < -0.3 is 10.1 Å². The van der Waals surface area contributed by atoms with E-state index in [0.29, 0.717) is 6.42 Å². The number of hydrogen-bond donors (Lipinski definition) is 1. The highest BCUT2D eigenvalue weighted by atomic mass is 19.1. The molecule has 1 N–H and O–H groups in total. The van der Waals surface area contributed by atoms with Crippen LogP contribution >= 0.6 is 0 Å². The molecule has 2 aromatic carbocycles. The van der Waals surface area contributed by atoms with E-state index >= 15 is 0 Å². The van der Waals surface area contributed by atoms with Gasteiger partial charge >= 0.3 is 0 Å². The minimum absolute atomic E-state index is 0.183. The molecule has 4 rings (SSSR count). The van der Waals surface area contributed by atoms with Gasteiger partial charge in [0.05, 0.1) is 18.5 Å². The van der Waals surface area contributed by atoms with Gasteiger partial charge in [0.25, 0.3) is 0 Å². The zero-order valence-electron chi connectivity index (χ0n) is 17.6. The van der Waals surface area contributed by atoms with Crippen LogP contribution in [0.15, 0.2) is 54.6 Å². The Balaban J connectivity index is 1.59. The molecule has 2 heterocycles. The third kappa shape index (κ3) is 4.12. The molecule has 1 amide bonds. The Labute approximate surface area is 179 Å². The SMILES string of the molecule is COc1ccccc1-c1cc2nc(C)c(CCC(=O)Nc3ccccc3F)c(C)n2n1. The van der Waals surface area contributed by atoms with E-state index in [4.69, 9.17) is 9.84 Å². The maximum atomic E-state index is 13.8. The van der Waals surface area contributed by atoms with Crippen LogP contribution in [-0.2, 0) is 11.2 Å². The lowest BCUT2D eigenvalue weighted by Crippen LogP contribution is -2.15. The summed E-state index contributed by atoms with van der Waals surface area (Å²) in [7, 11) is 1.63. The van der Waals surface area contributed by atoms with E-state index in [0.717, 1.165) is 39.6 Å². The standard InChI is InChI=1S/C24H23FN4O2/c1-15-17(12-13-24(30)27-20-10-6-5-9-19(20)25)16(2)29-23(26-15)14-21(28-29)18-8-4-7-11-22(18)31-3/h4-11,14H,12-13H2,1-3H3,(H,27,30). The summed E-state index contributed by atoms with van der Waals surface area (Å²) in [6.45, 7) is 3.89. The topological polar surface area (TPSA) is 68.5 Å². The van der Waals surface area contributed by atoms with Gasteiger partial charge in [-0.05, 0) is 50.1 Å². The Morgan fingerprint density at radius 2 is 1.87 bits per heavy atom. The minimum atomic E-state index is -0.452. The number of ether oxygens (including phenoxy) is 1. The number of benzene rings is 2. The quantitative estimate of drug-likeness (QED) is 0.491. The van der Waals surface area contributed by atoms with Crippen LogP contribution in [0.4, 0.5) is 10.1 Å². The number of methoxy groups -OCH3 is 1. The van der Waals surface area contributed by atoms with Crippen molar-refractivity contribution in [3.05, 3.63) is 77.4 Å². The number of para-hydroxylation sites is 2. The Morgan fingerprint density at radius 3 is 2.65 bits per heavy atom. The largest absolute Gasteiger partial charge is 0.496 e. The summed E-state index contributed by atoms with van der Waals surface area (Å²) in [5, 5.41) is 7.35. The molecule has 0 bridgehead atoms. The maximum absolute atomic E-state index is 13.8. The van der Waals surface area contributed by atoms with E-state index in [1.165, 1.54) is 6.07 Å². The van der Waals surface area contributed by atoms with Gasteiger partial charge in [0.2, 0.25) is 5.91 Å². The molecule has 0 aliphatic rings. The fourth-order valence-electron chi connectivity index (χ4n) is 3.69. The van der Waals surface area contributed by atoms with Crippen molar-refractivity contribution in [1.82, 2.24) is 14.6 Å². The molecular formula is C24H23FN4O2. The number of hydrogen-bond acceptors (Lipinski definition) is 4. The van der Waals surface area contributed by atoms with Gasteiger partial charge in [-0.2, -0.15) is 5.10 Å². The normalized spacial score (nSPS) is 11.0. The lowest BCUT2D eigenvalue weighted by atomic mass is 10.1. The number of carbonyl (C=O) groups excluding carboxylic acids is 1. The highest BCUT2D eigenvalue weighted by Gasteiger charge is 2.16. The predicted molar refractivity (Wildman–Crippen MR) is 118 cm³/mol. The molecular weight excluding hydrogens is 395 g/mol. The number of nitrogens with zero attached hydrogens (tertiary/aromatic N) is 3. The smallest absolute Gasteiger partial charge is 0.224 e. The zero-order chi connectivity index (χ0) is 22.0. The second-order valence-electron chi connectivity index (χ2n) is 7.29. The van der Waals surface area contributed by atoms with Gasteiger partial charge in [0.15, 0.2) is 5.65 Å². The number of amides is 1. The maximum Gasteiger partial charge on any atom is 0.224 e. The van der Waals surface area contributed by atoms with Gasteiger partial charge in [-0.1, -0.05) is 24.3 Å². The predicted octanol–water partition coefficient (Wildman–Crippen LogP) is 4.73. The van der Waals surface area contributed by atoms with E-state index < -0.39 is 5.82 Å². The van der Waals surface area contributed by atoms with E-state index in [-0.39, 0.29) is 18.0 Å². The molecule has 7 heteroatoms. The molecule has 0 aliphatic carbocycles. The molecule has 0 fully saturated rings. The first-order valence-corrected chi connectivity index (χ1v) is 10.0. The lowest BCUT2D eigenvalue weighted by molar-refractivity contribution is -0.116. The molecule has 0 saturated heterocycles. The molecule has 0 atom stereocenters. The zero-order valence-corrected chi connectivity index (χ0v) is 17.6. The van der Waals surface area contributed by atoms with Crippen LogP contribution < -0.4 is 10.1 Å². The van der Waals surface area contributed by atoms with E-state index in [1.807, 2.05) is 44.2 Å². The Morgan fingerprint density at radius 1 is 1.13 bits per heavy atom. The van der Waals surface area contributed by atoms with Crippen molar-refractivity contribution in [2.75, 3.05) is 12.4 Å². The first-order chi connectivity index (χ1) is 15.0. The van der Waals surface area contributed by atoms with Crippen LogP contribution in [-0.4, -0.2) is 27.6 Å². The van der Waals surface area contributed by atoms with Crippen molar-refractivity contribution in [3.63, 3.8) is 0 Å². The molecule has 31 heavy (non-hydrogen) atoms. The first-order valence-electron chi connectivity index (χ1n) is 10.0. The van der Waals surface area contributed by atoms with E-state index in [9.17, 15) is 9.18 Å². The Hall–Kier alpha value is -3.74. The number of rotatable bonds is 6. The number of aryl methyl sites for hydroxylation is 2. The number of halogens is 1. The molecule has 0 unspecified atom stereocenters. The molecule has 6 nitrogen and oxygen atoms in total. The van der Waals surface area contributed by atoms with Gasteiger partial charge in [-0.3, -0.25) is 4.79 Å². The van der Waals surface area contributed by atoms with Crippen molar-refractivity contribution < 1.29 is 13.9 Å². The molecule has 4 aromatic rings. The van der Waals surface area contributed by atoms with Gasteiger partial charge in [-0.25, -0.2) is 13.9 Å². The number of carbonyl (C=O) groups is 1. The summed E-state index contributed by atoms with van der Waals surface area (Å²) in [5.74, 6) is 0.0381. The fraction of sp³-hybridized carbons (Fsp3) is 0.208. The van der Waals surface area contributed by atoms with Crippen LogP contribution in [0.25, 0.3) is 16.9 Å². The van der Waals surface area contributed by atoms with Crippen LogP contribution in [0.3, 0.4) is 0 Å². The fourth-order valence-corrected chi connectivity index (χ4v) is 3.69. The van der Waals surface area contributed by atoms with Crippen LogP contribution in [0.2, 0.25) is 0 Å². The highest BCUT2D eigenvalue weighted by Crippen LogP contribution is 2.30. The second-order valence-corrected chi connectivity index (χ2v) is 7.29. The van der Waals surface area contributed by atoms with Crippen LogP contribution in [0, 0.1) is 19.7 Å². The van der Waals surface area contributed by atoms with Crippen LogP contribution in [0.5, 0.6) is 5.75 Å². The summed E-state index contributed by atoms with van der Waals surface area (Å²) in [4.78, 5) is 17.0. The third-order valence-corrected chi connectivity index (χ3v) is 5.30. The molecule has 158 valence electrons. The van der Waals surface area contributed by atoms with E-state index in [1.54, 1.807) is 29.8 Å². The van der Waals surface area contributed by atoms with Gasteiger partial charge in [0, 0.05) is 29.4 Å². The van der Waals surface area contributed by atoms with Crippen LogP contribution in [0.1, 0.15) is 23.4 Å². The molecule has 0 aliphatic heterocycles. The van der Waals surface area contributed by atoms with Crippen molar-refractivity contribution in [2.24, 2.45) is 0 Å². The average molecular weight is 418 g/mol. The van der Waals surface area contributed by atoms with Crippen molar-refractivity contribution in [1.29, 1.82) is 0 Å². The summed E-state index contributed by atoms with van der Waals surface area (Å²) in [5.41, 5.74) is 5.28. The Kier molecular flexibility index (Phi) is 5.66. The average Bonchev–Trinajstić information content (AvgIpc) is 3.19. The summed E-state index contributed by atoms with van der Waals surface area (Å²) in [6.07, 6.45) is 0.689. The minimum Gasteiger partial charge on any atom is -0.496 e. The number of nitrogens with one attached hydrogen (secondary N) is 1. The van der Waals surface area contributed by atoms with Gasteiger partial charge in [0.1, 0.15) is 11.6 Å². The molecule has 0 radical (unpaired) electrons. The van der Waals surface area contributed by atoms with E-state index in [2.05, 4.69) is 10.3 Å². The third-order valence-electron chi connectivity index (χ3n) is 5.30. The van der Waals surface area contributed by atoms with Crippen molar-refractivity contribution >= 4 is 17.2 Å². The summed E-state index contributed by atoms with van der Waals surface area (Å²) >= 11 is 0. The second kappa shape index (κ2) is 8.55. The first kappa shape index (κ1) is 20.5. The molecule has 2 aromatic heterocycles. The monoisotopic (exact) mass is 418 g/mol. The lowest BCUT2D eigenvalue weighted by Gasteiger charge is -2.11. The summed E-state index contributed by atoms with van der Waals surface area (Å²) < 4.78 is 21.0. The Bertz CT molecular complexity index is 1270. The molecule has 0 saturated carbocycles. The van der Waals surface area contributed by atoms with Gasteiger partial charge in [-0.15, -0.1) is 0 Å². The van der Waals surface area contributed by atoms with Crippen molar-refractivity contribution in [3.8, 4) is 17.0 Å². The number of anilines is 1. The highest BCUT2D eigenvalue weighted by molar-refractivity contribution is 5.91. The molecule has 0 spiro atoms. The number of fused-ring (bicyclic) bond motifs is 1. The van der Waals surface area contributed by atoms with Crippen molar-refractivity contribution in [2.45, 2.75) is 26.7 Å². The summed E-state index contributed by atoms with van der Waals surface area (Å²) in [6, 6.07) is 15.8.